The third-order valence-corrected chi connectivity index (χ3v) is 4.64. The average molecular weight is 326 g/mol. The Kier molecular flexibility index (Phi) is 3.27. The number of nitrogens with zero attached hydrogens (tertiary/aromatic N) is 3. The Morgan fingerprint density at radius 3 is 2.56 bits per heavy atom. The molecule has 1 aliphatic rings. The van der Waals surface area contributed by atoms with Gasteiger partial charge in [-0.05, 0) is 37.1 Å². The summed E-state index contributed by atoms with van der Waals surface area (Å²) in [4.78, 5) is 9.11. The lowest BCUT2D eigenvalue weighted by Gasteiger charge is -2.06. The van der Waals surface area contributed by atoms with Gasteiger partial charge in [-0.15, -0.1) is 0 Å². The minimum atomic E-state index is 0.618. The van der Waals surface area contributed by atoms with Gasteiger partial charge in [0.05, 0.1) is 5.69 Å². The fourth-order valence-electron chi connectivity index (χ4n) is 3.28. The maximum atomic E-state index is 4.75. The van der Waals surface area contributed by atoms with Crippen molar-refractivity contribution in [1.29, 1.82) is 0 Å². The van der Waals surface area contributed by atoms with E-state index in [-0.39, 0.29) is 0 Å². The molecule has 122 valence electrons. The van der Waals surface area contributed by atoms with Crippen LogP contribution in [0.4, 0.5) is 11.6 Å². The van der Waals surface area contributed by atoms with Crippen molar-refractivity contribution in [2.45, 2.75) is 18.9 Å². The molecule has 0 aliphatic heterocycles. The van der Waals surface area contributed by atoms with E-state index in [1.165, 1.54) is 29.3 Å². The second-order valence-electron chi connectivity index (χ2n) is 6.45. The Morgan fingerprint density at radius 2 is 1.72 bits per heavy atom. The molecule has 1 N–H and O–H groups in total. The average Bonchev–Trinajstić information content (AvgIpc) is 3.43. The van der Waals surface area contributed by atoms with Gasteiger partial charge >= 0.3 is 0 Å². The van der Waals surface area contributed by atoms with Crippen LogP contribution in [0.3, 0.4) is 0 Å². The van der Waals surface area contributed by atoms with Crippen molar-refractivity contribution in [3.8, 4) is 11.3 Å². The van der Waals surface area contributed by atoms with Gasteiger partial charge in [-0.3, -0.25) is 0 Å². The maximum Gasteiger partial charge on any atom is 0.227 e. The lowest BCUT2D eigenvalue weighted by molar-refractivity contribution is 0.776. The Bertz CT molecular complexity index is 1030. The van der Waals surface area contributed by atoms with Crippen molar-refractivity contribution in [1.82, 2.24) is 14.5 Å². The van der Waals surface area contributed by atoms with E-state index in [0.29, 0.717) is 12.0 Å². The number of anilines is 2. The summed E-state index contributed by atoms with van der Waals surface area (Å²) >= 11 is 0. The van der Waals surface area contributed by atoms with Gasteiger partial charge in [0, 0.05) is 40.6 Å². The van der Waals surface area contributed by atoms with Crippen LogP contribution in [0.15, 0.2) is 73.1 Å². The number of fused-ring (bicyclic) bond motifs is 1. The molecule has 4 nitrogen and oxygen atoms in total. The third-order valence-electron chi connectivity index (χ3n) is 4.64. The molecule has 5 rings (SSSR count). The summed E-state index contributed by atoms with van der Waals surface area (Å²) in [5, 5.41) is 4.52. The van der Waals surface area contributed by atoms with Crippen LogP contribution in [0.2, 0.25) is 0 Å². The van der Waals surface area contributed by atoms with Crippen molar-refractivity contribution in [2.24, 2.45) is 0 Å². The molecule has 4 aromatic rings. The van der Waals surface area contributed by atoms with Gasteiger partial charge in [0.15, 0.2) is 0 Å². The highest BCUT2D eigenvalue weighted by Gasteiger charge is 2.26. The number of benzene rings is 2. The van der Waals surface area contributed by atoms with E-state index >= 15 is 0 Å². The normalized spacial score (nSPS) is 13.9. The van der Waals surface area contributed by atoms with Gasteiger partial charge < -0.3 is 9.88 Å². The van der Waals surface area contributed by atoms with Gasteiger partial charge in [-0.1, -0.05) is 36.4 Å². The van der Waals surface area contributed by atoms with Crippen molar-refractivity contribution in [3.63, 3.8) is 0 Å². The lowest BCUT2D eigenvalue weighted by Crippen LogP contribution is -1.97. The molecule has 0 spiro atoms. The molecule has 0 saturated heterocycles. The smallest absolute Gasteiger partial charge is 0.227 e. The second-order valence-corrected chi connectivity index (χ2v) is 6.45. The highest BCUT2D eigenvalue weighted by molar-refractivity contribution is 5.95. The van der Waals surface area contributed by atoms with E-state index in [9.17, 15) is 0 Å². The first-order valence-corrected chi connectivity index (χ1v) is 8.63. The molecule has 0 atom stereocenters. The molecule has 1 fully saturated rings. The monoisotopic (exact) mass is 326 g/mol. The van der Waals surface area contributed by atoms with Crippen LogP contribution in [0.25, 0.3) is 22.2 Å². The lowest BCUT2D eigenvalue weighted by atomic mass is 10.1. The van der Waals surface area contributed by atoms with Crippen LogP contribution in [0.5, 0.6) is 0 Å². The van der Waals surface area contributed by atoms with E-state index in [0.717, 1.165) is 11.4 Å². The minimum absolute atomic E-state index is 0.618. The van der Waals surface area contributed by atoms with Crippen molar-refractivity contribution >= 4 is 22.5 Å². The van der Waals surface area contributed by atoms with Gasteiger partial charge in [-0.25, -0.2) is 9.97 Å². The molecule has 0 bridgehead atoms. The van der Waals surface area contributed by atoms with E-state index in [4.69, 9.17) is 4.98 Å². The third kappa shape index (κ3) is 2.66. The fraction of sp³-hybridized carbons (Fsp3) is 0.143. The van der Waals surface area contributed by atoms with E-state index < -0.39 is 0 Å². The number of hydrogen-bond acceptors (Lipinski definition) is 3. The molecular formula is C21H18N4. The molecule has 0 unspecified atom stereocenters. The Hall–Kier alpha value is -3.14. The molecule has 2 aromatic carbocycles. The molecule has 0 amide bonds. The Morgan fingerprint density at radius 1 is 0.920 bits per heavy atom. The molecular weight excluding hydrogens is 308 g/mol. The highest BCUT2D eigenvalue weighted by atomic mass is 15.1. The van der Waals surface area contributed by atoms with E-state index in [1.807, 2.05) is 42.6 Å². The summed E-state index contributed by atoms with van der Waals surface area (Å²) in [6.45, 7) is 0. The van der Waals surface area contributed by atoms with Crippen LogP contribution in [0.1, 0.15) is 18.9 Å². The van der Waals surface area contributed by atoms with Gasteiger partial charge in [-0.2, -0.15) is 0 Å². The zero-order chi connectivity index (χ0) is 16.6. The van der Waals surface area contributed by atoms with Crippen LogP contribution in [0, 0.1) is 0 Å². The van der Waals surface area contributed by atoms with Gasteiger partial charge in [0.25, 0.3) is 0 Å². The van der Waals surface area contributed by atoms with Crippen LogP contribution >= 0.6 is 0 Å². The van der Waals surface area contributed by atoms with Crippen molar-refractivity contribution < 1.29 is 0 Å². The quantitative estimate of drug-likeness (QED) is 0.562. The topological polar surface area (TPSA) is 42.7 Å². The molecule has 2 heterocycles. The number of para-hydroxylation sites is 2. The minimum Gasteiger partial charge on any atom is -0.344 e. The maximum absolute atomic E-state index is 4.75. The van der Waals surface area contributed by atoms with E-state index in [2.05, 4.69) is 45.3 Å². The SMILES string of the molecule is c1ccc(Nc2nccc(-c3cn(C4CC4)c4ccccc34)n2)cc1. The summed E-state index contributed by atoms with van der Waals surface area (Å²) in [5.74, 6) is 0.618. The number of hydrogen-bond donors (Lipinski definition) is 1. The largest absolute Gasteiger partial charge is 0.344 e. The van der Waals surface area contributed by atoms with Crippen LogP contribution in [-0.2, 0) is 0 Å². The summed E-state index contributed by atoms with van der Waals surface area (Å²) < 4.78 is 2.40. The number of nitrogens with one attached hydrogen (secondary N) is 1. The highest BCUT2D eigenvalue weighted by Crippen LogP contribution is 2.41. The summed E-state index contributed by atoms with van der Waals surface area (Å²) in [5.41, 5.74) is 4.39. The molecule has 0 radical (unpaired) electrons. The number of aromatic nitrogens is 3. The van der Waals surface area contributed by atoms with Gasteiger partial charge in [0.1, 0.15) is 0 Å². The first-order valence-electron chi connectivity index (χ1n) is 8.63. The van der Waals surface area contributed by atoms with Gasteiger partial charge in [0.2, 0.25) is 5.95 Å². The Balaban J connectivity index is 1.57. The second kappa shape index (κ2) is 5.74. The molecule has 25 heavy (non-hydrogen) atoms. The predicted molar refractivity (Wildman–Crippen MR) is 101 cm³/mol. The summed E-state index contributed by atoms with van der Waals surface area (Å²) in [7, 11) is 0. The van der Waals surface area contributed by atoms with Crippen LogP contribution < -0.4 is 5.32 Å². The summed E-state index contributed by atoms with van der Waals surface area (Å²) in [6, 6.07) is 21.2. The van der Waals surface area contributed by atoms with Crippen molar-refractivity contribution in [3.05, 3.63) is 73.1 Å². The molecule has 1 aliphatic carbocycles. The number of rotatable bonds is 4. The first-order chi connectivity index (χ1) is 12.4. The van der Waals surface area contributed by atoms with Crippen molar-refractivity contribution in [2.75, 3.05) is 5.32 Å². The first kappa shape index (κ1) is 14.2. The molecule has 4 heteroatoms. The zero-order valence-electron chi connectivity index (χ0n) is 13.8. The Labute approximate surface area is 146 Å². The van der Waals surface area contributed by atoms with E-state index in [1.54, 1.807) is 0 Å². The molecule has 1 saturated carbocycles. The summed E-state index contributed by atoms with van der Waals surface area (Å²) in [6.07, 6.45) is 6.60. The zero-order valence-corrected chi connectivity index (χ0v) is 13.8. The standard InChI is InChI=1S/C21H18N4/c1-2-6-15(7-3-1)23-21-22-13-12-19(24-21)18-14-25(16-10-11-16)20-9-5-4-8-17(18)20/h1-9,12-14,16H,10-11H2,(H,22,23,24). The molecule has 2 aromatic heterocycles. The fourth-order valence-corrected chi connectivity index (χ4v) is 3.28. The predicted octanol–water partition coefficient (Wildman–Crippen LogP) is 5.18. The van der Waals surface area contributed by atoms with Crippen LogP contribution in [-0.4, -0.2) is 14.5 Å².